The lowest BCUT2D eigenvalue weighted by Crippen LogP contribution is -2.29. The lowest BCUT2D eigenvalue weighted by atomic mass is 9.98. The van der Waals surface area contributed by atoms with E-state index in [2.05, 4.69) is 0 Å². The Labute approximate surface area is 177 Å². The van der Waals surface area contributed by atoms with E-state index in [4.69, 9.17) is 9.15 Å². The standard InChI is InChI=1S/C25H18FNO4/c1-2-30-18-13-11-17(12-14-18)27-22(15-7-9-16(26)10-8-15)21-23(28)19-5-3-4-6-20(19)31-24(21)25(27)29/h3-14,22H,2H2,1H3. The monoisotopic (exact) mass is 415 g/mol. The van der Waals surface area contributed by atoms with Crippen LogP contribution in [0.4, 0.5) is 10.1 Å². The normalized spacial score (nSPS) is 15.4. The molecule has 1 atom stereocenters. The Balaban J connectivity index is 1.74. The average Bonchev–Trinajstić information content (AvgIpc) is 3.08. The molecule has 5 nitrogen and oxygen atoms in total. The maximum atomic E-state index is 13.6. The second kappa shape index (κ2) is 7.40. The Hall–Kier alpha value is -3.93. The van der Waals surface area contributed by atoms with E-state index in [9.17, 15) is 14.0 Å². The zero-order valence-electron chi connectivity index (χ0n) is 16.7. The van der Waals surface area contributed by atoms with E-state index in [1.165, 1.54) is 17.0 Å². The number of hydrogen-bond acceptors (Lipinski definition) is 4. The molecular weight excluding hydrogens is 397 g/mol. The Bertz CT molecular complexity index is 1340. The second-order valence-corrected chi connectivity index (χ2v) is 7.23. The summed E-state index contributed by atoms with van der Waals surface area (Å²) >= 11 is 0. The summed E-state index contributed by atoms with van der Waals surface area (Å²) in [6, 6.07) is 18.9. The number of ether oxygens (including phenoxy) is 1. The predicted octanol–water partition coefficient (Wildman–Crippen LogP) is 5.08. The summed E-state index contributed by atoms with van der Waals surface area (Å²) in [6.45, 7) is 2.41. The van der Waals surface area contributed by atoms with Gasteiger partial charge in [-0.2, -0.15) is 0 Å². The van der Waals surface area contributed by atoms with Crippen molar-refractivity contribution in [2.24, 2.45) is 0 Å². The number of para-hydroxylation sites is 1. The molecule has 1 aromatic heterocycles. The van der Waals surface area contributed by atoms with Crippen molar-refractivity contribution in [3.63, 3.8) is 0 Å². The van der Waals surface area contributed by atoms with Crippen molar-refractivity contribution < 1.29 is 18.3 Å². The molecular formula is C25H18FNO4. The molecule has 31 heavy (non-hydrogen) atoms. The molecule has 0 spiro atoms. The summed E-state index contributed by atoms with van der Waals surface area (Å²) < 4.78 is 25.0. The lowest BCUT2D eigenvalue weighted by molar-refractivity contribution is 0.0971. The Morgan fingerprint density at radius 1 is 0.968 bits per heavy atom. The van der Waals surface area contributed by atoms with E-state index >= 15 is 0 Å². The second-order valence-electron chi connectivity index (χ2n) is 7.23. The molecule has 0 saturated heterocycles. The topological polar surface area (TPSA) is 59.8 Å². The Morgan fingerprint density at radius 2 is 1.68 bits per heavy atom. The smallest absolute Gasteiger partial charge is 0.295 e. The van der Waals surface area contributed by atoms with Crippen molar-refractivity contribution in [3.8, 4) is 5.75 Å². The van der Waals surface area contributed by atoms with Crippen molar-refractivity contribution in [3.05, 3.63) is 106 Å². The van der Waals surface area contributed by atoms with Crippen molar-refractivity contribution in [2.75, 3.05) is 11.5 Å². The molecule has 0 aliphatic carbocycles. The predicted molar refractivity (Wildman–Crippen MR) is 115 cm³/mol. The van der Waals surface area contributed by atoms with Gasteiger partial charge in [0.25, 0.3) is 5.91 Å². The van der Waals surface area contributed by atoms with Gasteiger partial charge in [0.15, 0.2) is 5.43 Å². The van der Waals surface area contributed by atoms with Gasteiger partial charge in [-0.25, -0.2) is 4.39 Å². The summed E-state index contributed by atoms with van der Waals surface area (Å²) in [5.74, 6) is -0.136. The van der Waals surface area contributed by atoms with E-state index in [1.54, 1.807) is 60.7 Å². The maximum absolute atomic E-state index is 13.6. The van der Waals surface area contributed by atoms with Gasteiger partial charge in [0.05, 0.1) is 23.6 Å². The van der Waals surface area contributed by atoms with Crippen LogP contribution < -0.4 is 15.1 Å². The highest BCUT2D eigenvalue weighted by atomic mass is 19.1. The van der Waals surface area contributed by atoms with Crippen molar-refractivity contribution >= 4 is 22.6 Å². The van der Waals surface area contributed by atoms with Crippen LogP contribution in [0, 0.1) is 5.82 Å². The van der Waals surface area contributed by atoms with E-state index in [1.807, 2.05) is 6.92 Å². The van der Waals surface area contributed by atoms with Crippen molar-refractivity contribution in [1.29, 1.82) is 0 Å². The van der Waals surface area contributed by atoms with E-state index in [0.29, 0.717) is 34.6 Å². The minimum absolute atomic E-state index is 0.00640. The number of anilines is 1. The number of carbonyl (C=O) groups is 1. The van der Waals surface area contributed by atoms with Gasteiger partial charge in [0.1, 0.15) is 17.1 Å². The zero-order chi connectivity index (χ0) is 21.5. The number of nitrogens with zero attached hydrogens (tertiary/aromatic N) is 1. The first kappa shape index (κ1) is 19.1. The first-order chi connectivity index (χ1) is 15.1. The van der Waals surface area contributed by atoms with Crippen LogP contribution in [0.2, 0.25) is 0 Å². The minimum atomic E-state index is -0.734. The Morgan fingerprint density at radius 3 is 2.39 bits per heavy atom. The highest BCUT2D eigenvalue weighted by Crippen LogP contribution is 2.41. The molecule has 154 valence electrons. The van der Waals surface area contributed by atoms with Crippen LogP contribution in [0.3, 0.4) is 0 Å². The first-order valence-corrected chi connectivity index (χ1v) is 9.96. The van der Waals surface area contributed by atoms with Gasteiger partial charge in [-0.05, 0) is 61.0 Å². The average molecular weight is 415 g/mol. The number of amides is 1. The van der Waals surface area contributed by atoms with Gasteiger partial charge in [0.2, 0.25) is 5.76 Å². The quantitative estimate of drug-likeness (QED) is 0.466. The summed E-state index contributed by atoms with van der Waals surface area (Å²) in [4.78, 5) is 28.4. The van der Waals surface area contributed by atoms with Gasteiger partial charge < -0.3 is 9.15 Å². The third-order valence-electron chi connectivity index (χ3n) is 5.39. The van der Waals surface area contributed by atoms with Crippen molar-refractivity contribution in [2.45, 2.75) is 13.0 Å². The summed E-state index contributed by atoms with van der Waals surface area (Å²) in [5, 5.41) is 0.398. The molecule has 0 N–H and O–H groups in total. The maximum Gasteiger partial charge on any atom is 0.295 e. The molecule has 1 unspecified atom stereocenters. The highest BCUT2D eigenvalue weighted by Gasteiger charge is 2.43. The fourth-order valence-electron chi connectivity index (χ4n) is 4.02. The highest BCUT2D eigenvalue weighted by molar-refractivity contribution is 6.10. The van der Waals surface area contributed by atoms with Crippen LogP contribution in [0.1, 0.15) is 34.6 Å². The van der Waals surface area contributed by atoms with Crippen LogP contribution in [0.15, 0.2) is 82.0 Å². The van der Waals surface area contributed by atoms with Crippen molar-refractivity contribution in [1.82, 2.24) is 0 Å². The van der Waals surface area contributed by atoms with Gasteiger partial charge in [-0.3, -0.25) is 14.5 Å². The minimum Gasteiger partial charge on any atom is -0.494 e. The molecule has 0 bridgehead atoms. The molecule has 3 aromatic carbocycles. The summed E-state index contributed by atoms with van der Waals surface area (Å²) in [6.07, 6.45) is 0. The van der Waals surface area contributed by atoms with Crippen LogP contribution >= 0.6 is 0 Å². The van der Waals surface area contributed by atoms with E-state index in [-0.39, 0.29) is 16.8 Å². The van der Waals surface area contributed by atoms with Crippen LogP contribution in [-0.2, 0) is 0 Å². The molecule has 1 aliphatic rings. The van der Waals surface area contributed by atoms with Gasteiger partial charge in [-0.15, -0.1) is 0 Å². The molecule has 2 heterocycles. The number of halogens is 1. The van der Waals surface area contributed by atoms with Gasteiger partial charge >= 0.3 is 0 Å². The summed E-state index contributed by atoms with van der Waals surface area (Å²) in [7, 11) is 0. The fourth-order valence-corrected chi connectivity index (χ4v) is 4.02. The van der Waals surface area contributed by atoms with E-state index < -0.39 is 17.8 Å². The zero-order valence-corrected chi connectivity index (χ0v) is 16.7. The summed E-state index contributed by atoms with van der Waals surface area (Å²) in [5.41, 5.74) is 1.53. The molecule has 0 saturated carbocycles. The molecule has 6 heteroatoms. The van der Waals surface area contributed by atoms with Gasteiger partial charge in [-0.1, -0.05) is 24.3 Å². The lowest BCUT2D eigenvalue weighted by Gasteiger charge is -2.25. The number of hydrogen-bond donors (Lipinski definition) is 0. The van der Waals surface area contributed by atoms with Crippen LogP contribution in [0.5, 0.6) is 5.75 Å². The SMILES string of the molecule is CCOc1ccc(N2C(=O)c3oc4ccccc4c(=O)c3C2c2ccc(F)cc2)cc1. The largest absolute Gasteiger partial charge is 0.494 e. The molecule has 0 fully saturated rings. The number of carbonyl (C=O) groups excluding carboxylic acids is 1. The molecule has 5 rings (SSSR count). The molecule has 0 radical (unpaired) electrons. The fraction of sp³-hybridized carbons (Fsp3) is 0.120. The van der Waals surface area contributed by atoms with Gasteiger partial charge in [0, 0.05) is 5.69 Å². The molecule has 4 aromatic rings. The number of benzene rings is 3. The third-order valence-corrected chi connectivity index (χ3v) is 5.39. The van der Waals surface area contributed by atoms with Crippen LogP contribution in [0.25, 0.3) is 11.0 Å². The first-order valence-electron chi connectivity index (χ1n) is 9.96. The third kappa shape index (κ3) is 3.08. The van der Waals surface area contributed by atoms with E-state index in [0.717, 1.165) is 0 Å². The number of fused-ring (bicyclic) bond motifs is 2. The Kier molecular flexibility index (Phi) is 4.55. The number of rotatable bonds is 4. The van der Waals surface area contributed by atoms with Crippen LogP contribution in [-0.4, -0.2) is 12.5 Å². The molecule has 1 aliphatic heterocycles. The molecule has 1 amide bonds.